The highest BCUT2D eigenvalue weighted by Gasteiger charge is 1.78. The van der Waals surface area contributed by atoms with Crippen molar-refractivity contribution in [2.45, 2.75) is 13.3 Å². The molecule has 0 aliphatic rings. The summed E-state index contributed by atoms with van der Waals surface area (Å²) in [7, 11) is 0. The van der Waals surface area contributed by atoms with Crippen LogP contribution in [-0.2, 0) is 9.90 Å². The molecule has 0 saturated carbocycles. The van der Waals surface area contributed by atoms with Gasteiger partial charge in [0.2, 0.25) is 5.91 Å². The number of primary amides is 1. The van der Waals surface area contributed by atoms with Crippen LogP contribution in [0.4, 0.5) is 0 Å². The molecule has 0 fully saturated rings. The Bertz CT molecular complexity index is 221. The first kappa shape index (κ1) is 10.5. The zero-order valence-electron chi connectivity index (χ0n) is 6.99. The molecule has 0 aromatic heterocycles. The summed E-state index contributed by atoms with van der Waals surface area (Å²) < 4.78 is 0. The second-order valence-corrected chi connectivity index (χ2v) is 2.13. The molecular formula is C9H12NO2. The molecule has 1 aromatic carbocycles. The average Bonchev–Trinajstić information content (AvgIpc) is 2.07. The van der Waals surface area contributed by atoms with E-state index in [4.69, 9.17) is 0 Å². The molecule has 1 amide bonds. The Morgan fingerprint density at radius 2 is 1.75 bits per heavy atom. The van der Waals surface area contributed by atoms with Crippen LogP contribution in [0.25, 0.3) is 0 Å². The molecule has 0 unspecified atom stereocenters. The highest BCUT2D eigenvalue weighted by atomic mass is 16.3. The number of benzene rings is 1. The van der Waals surface area contributed by atoms with Gasteiger partial charge < -0.3 is 5.73 Å². The molecule has 0 spiro atoms. The van der Waals surface area contributed by atoms with Crippen molar-refractivity contribution in [3.05, 3.63) is 30.3 Å². The summed E-state index contributed by atoms with van der Waals surface area (Å²) in [5.41, 5.74) is 4.65. The average molecular weight is 166 g/mol. The summed E-state index contributed by atoms with van der Waals surface area (Å²) in [6, 6.07) is 8.33. The molecule has 12 heavy (non-hydrogen) atoms. The summed E-state index contributed by atoms with van der Waals surface area (Å²) >= 11 is 0. The van der Waals surface area contributed by atoms with Crippen molar-refractivity contribution < 1.29 is 9.90 Å². The van der Waals surface area contributed by atoms with E-state index < -0.39 is 0 Å². The highest BCUT2D eigenvalue weighted by molar-refractivity contribution is 5.73. The lowest BCUT2D eigenvalue weighted by Crippen LogP contribution is -2.06. The summed E-state index contributed by atoms with van der Waals surface area (Å²) in [4.78, 5) is 9.59. The fourth-order valence-electron chi connectivity index (χ4n) is 0.420. The van der Waals surface area contributed by atoms with E-state index in [2.05, 4.69) is 5.73 Å². The minimum Gasteiger partial charge on any atom is -0.370 e. The molecule has 0 atom stereocenters. The molecule has 0 aliphatic heterocycles. The standard InChI is InChI=1S/C6H5O.C3H7NO/c7-6-4-2-1-3-5-6;1-2-3(4)5/h1-5H;2H2,1H3,(H2,4,5). The van der Waals surface area contributed by atoms with Crippen molar-refractivity contribution in [2.24, 2.45) is 5.73 Å². The summed E-state index contributed by atoms with van der Waals surface area (Å²) in [5.74, 6) is -0.174. The number of carbonyl (C=O) groups is 1. The van der Waals surface area contributed by atoms with Crippen molar-refractivity contribution >= 4 is 5.91 Å². The molecule has 1 radical (unpaired) electrons. The normalized spacial score (nSPS) is 8.08. The lowest BCUT2D eigenvalue weighted by atomic mass is 10.3. The first-order chi connectivity index (χ1) is 5.66. The number of rotatable bonds is 1. The Kier molecular flexibility index (Phi) is 5.43. The van der Waals surface area contributed by atoms with Gasteiger partial charge in [0, 0.05) is 6.42 Å². The predicted octanol–water partition coefficient (Wildman–Crippen LogP) is 1.71. The second kappa shape index (κ2) is 6.22. The van der Waals surface area contributed by atoms with Gasteiger partial charge in [-0.3, -0.25) is 9.90 Å². The number of hydrogen-bond acceptors (Lipinski definition) is 1. The molecular weight excluding hydrogens is 154 g/mol. The van der Waals surface area contributed by atoms with Gasteiger partial charge >= 0.3 is 0 Å². The van der Waals surface area contributed by atoms with Crippen LogP contribution < -0.4 is 5.73 Å². The first-order valence-corrected chi connectivity index (χ1v) is 3.67. The fourth-order valence-corrected chi connectivity index (χ4v) is 0.420. The zero-order valence-corrected chi connectivity index (χ0v) is 6.99. The van der Waals surface area contributed by atoms with Crippen molar-refractivity contribution in [1.29, 1.82) is 0 Å². The van der Waals surface area contributed by atoms with Crippen LogP contribution >= 0.6 is 0 Å². The molecule has 0 bridgehead atoms. The van der Waals surface area contributed by atoms with E-state index in [1.165, 1.54) is 12.1 Å². The maximum atomic E-state index is 10.3. The molecule has 2 N–H and O–H groups in total. The maximum Gasteiger partial charge on any atom is 0.217 e. The van der Waals surface area contributed by atoms with E-state index in [1.807, 2.05) is 6.07 Å². The van der Waals surface area contributed by atoms with Crippen LogP contribution in [0.15, 0.2) is 30.3 Å². The minimum atomic E-state index is -0.245. The molecule has 1 aromatic rings. The molecule has 3 heteroatoms. The van der Waals surface area contributed by atoms with Crippen LogP contribution in [0.3, 0.4) is 0 Å². The quantitative estimate of drug-likeness (QED) is 0.678. The van der Waals surface area contributed by atoms with E-state index >= 15 is 0 Å². The number of nitrogens with two attached hydrogens (primary N) is 1. The Morgan fingerprint density at radius 3 is 1.92 bits per heavy atom. The maximum absolute atomic E-state index is 10.3. The smallest absolute Gasteiger partial charge is 0.217 e. The topological polar surface area (TPSA) is 63.0 Å². The SMILES string of the molecule is CCC(N)=O.[O]c1ccccc1. The lowest BCUT2D eigenvalue weighted by molar-refractivity contribution is -0.117. The first-order valence-electron chi connectivity index (χ1n) is 3.67. The molecule has 65 valence electrons. The Labute approximate surface area is 71.8 Å². The van der Waals surface area contributed by atoms with Crippen LogP contribution in [-0.4, -0.2) is 5.91 Å². The van der Waals surface area contributed by atoms with Gasteiger partial charge in [0.05, 0.1) is 0 Å². The number of hydrogen-bond donors (Lipinski definition) is 1. The highest BCUT2D eigenvalue weighted by Crippen LogP contribution is 2.04. The minimum absolute atomic E-state index is 0.0718. The summed E-state index contributed by atoms with van der Waals surface area (Å²) in [5, 5.41) is 10.3. The number of amides is 1. The van der Waals surface area contributed by atoms with E-state index in [9.17, 15) is 9.90 Å². The predicted molar refractivity (Wildman–Crippen MR) is 46.1 cm³/mol. The van der Waals surface area contributed by atoms with E-state index in [0.29, 0.717) is 6.42 Å². The second-order valence-electron chi connectivity index (χ2n) is 2.13. The van der Waals surface area contributed by atoms with Gasteiger partial charge in [-0.05, 0) is 12.1 Å². The van der Waals surface area contributed by atoms with Crippen LogP contribution in [0.5, 0.6) is 5.75 Å². The largest absolute Gasteiger partial charge is 0.370 e. The van der Waals surface area contributed by atoms with Crippen molar-refractivity contribution in [1.82, 2.24) is 0 Å². The van der Waals surface area contributed by atoms with Gasteiger partial charge in [-0.25, -0.2) is 0 Å². The van der Waals surface area contributed by atoms with Gasteiger partial charge in [0.15, 0.2) is 5.75 Å². The zero-order chi connectivity index (χ0) is 9.40. The van der Waals surface area contributed by atoms with Gasteiger partial charge in [0.25, 0.3) is 0 Å². The third-order valence-corrected chi connectivity index (χ3v) is 1.09. The molecule has 1 rings (SSSR count). The summed E-state index contributed by atoms with van der Waals surface area (Å²) in [6.07, 6.45) is 0.444. The molecule has 0 saturated heterocycles. The van der Waals surface area contributed by atoms with Crippen LogP contribution in [0.2, 0.25) is 0 Å². The molecule has 3 nitrogen and oxygen atoms in total. The Morgan fingerprint density at radius 1 is 1.33 bits per heavy atom. The van der Waals surface area contributed by atoms with Crippen LogP contribution in [0, 0.1) is 0 Å². The van der Waals surface area contributed by atoms with Crippen molar-refractivity contribution in [2.75, 3.05) is 0 Å². The Hall–Kier alpha value is -1.51. The third-order valence-electron chi connectivity index (χ3n) is 1.09. The van der Waals surface area contributed by atoms with Gasteiger partial charge in [-0.1, -0.05) is 25.1 Å². The number of para-hydroxylation sites is 1. The van der Waals surface area contributed by atoms with Crippen molar-refractivity contribution in [3.63, 3.8) is 0 Å². The van der Waals surface area contributed by atoms with Crippen LogP contribution in [0.1, 0.15) is 13.3 Å². The fraction of sp³-hybridized carbons (Fsp3) is 0.222. The van der Waals surface area contributed by atoms with Gasteiger partial charge in [0.1, 0.15) is 0 Å². The van der Waals surface area contributed by atoms with E-state index in [1.54, 1.807) is 19.1 Å². The number of carbonyl (C=O) groups excluding carboxylic acids is 1. The summed E-state index contributed by atoms with van der Waals surface area (Å²) in [6.45, 7) is 1.72. The molecule has 0 heterocycles. The lowest BCUT2D eigenvalue weighted by Gasteiger charge is -1.77. The van der Waals surface area contributed by atoms with Crippen molar-refractivity contribution in [3.8, 4) is 5.75 Å². The Balaban J connectivity index is 0.000000217. The molecule has 0 aliphatic carbocycles. The van der Waals surface area contributed by atoms with Gasteiger partial charge in [-0.2, -0.15) is 0 Å². The van der Waals surface area contributed by atoms with E-state index in [0.717, 1.165) is 0 Å². The van der Waals surface area contributed by atoms with E-state index in [-0.39, 0.29) is 11.7 Å². The third kappa shape index (κ3) is 6.61. The monoisotopic (exact) mass is 166 g/mol. The van der Waals surface area contributed by atoms with Gasteiger partial charge in [-0.15, -0.1) is 0 Å².